The predicted octanol–water partition coefficient (Wildman–Crippen LogP) is 6.30. The predicted molar refractivity (Wildman–Crippen MR) is 113 cm³/mol. The highest BCUT2D eigenvalue weighted by Gasteiger charge is 2.33. The molecule has 1 aliphatic carbocycles. The van der Waals surface area contributed by atoms with Crippen molar-refractivity contribution < 1.29 is 18.9 Å². The van der Waals surface area contributed by atoms with Gasteiger partial charge in [0.2, 0.25) is 0 Å². The van der Waals surface area contributed by atoms with E-state index < -0.39 is 12.6 Å². The largest absolute Gasteiger partial charge is 0.349 e. The normalized spacial score (nSPS) is 22.9. The third-order valence-electron chi connectivity index (χ3n) is 5.94. The third kappa shape index (κ3) is 5.79. The van der Waals surface area contributed by atoms with Gasteiger partial charge in [-0.3, -0.25) is 0 Å². The lowest BCUT2D eigenvalue weighted by molar-refractivity contribution is -0.156. The summed E-state index contributed by atoms with van der Waals surface area (Å²) in [6, 6.07) is 6.70. The van der Waals surface area contributed by atoms with Gasteiger partial charge in [-0.05, 0) is 76.3 Å². The number of hydrogen-bond donors (Lipinski definition) is 0. The Hall–Kier alpha value is -0.940. The van der Waals surface area contributed by atoms with E-state index in [1.807, 2.05) is 27.7 Å². The molecule has 1 aromatic carbocycles. The van der Waals surface area contributed by atoms with Gasteiger partial charge >= 0.3 is 0 Å². The van der Waals surface area contributed by atoms with Gasteiger partial charge in [-0.1, -0.05) is 26.0 Å². The molecule has 0 aromatic heterocycles. The maximum absolute atomic E-state index is 5.97. The fraction of sp³-hybridized carbons (Fsp3) is 0.750. The van der Waals surface area contributed by atoms with Gasteiger partial charge in [0.05, 0.1) is 0 Å². The van der Waals surface area contributed by atoms with Crippen molar-refractivity contribution in [2.75, 3.05) is 26.4 Å². The third-order valence-corrected chi connectivity index (χ3v) is 5.94. The highest BCUT2D eigenvalue weighted by molar-refractivity contribution is 5.38. The molecule has 0 atom stereocenters. The molecule has 0 unspecified atom stereocenters. The molecule has 0 amide bonds. The molecular formula is C24H40O4. The van der Waals surface area contributed by atoms with Gasteiger partial charge in [-0.15, -0.1) is 0 Å². The van der Waals surface area contributed by atoms with Crippen molar-refractivity contribution in [3.63, 3.8) is 0 Å². The van der Waals surface area contributed by atoms with Crippen LogP contribution in [0.1, 0.15) is 96.5 Å². The second-order valence-electron chi connectivity index (χ2n) is 8.07. The van der Waals surface area contributed by atoms with Crippen LogP contribution in [0.25, 0.3) is 0 Å². The minimum absolute atomic E-state index is 0.204. The van der Waals surface area contributed by atoms with Crippen LogP contribution < -0.4 is 0 Å². The summed E-state index contributed by atoms with van der Waals surface area (Å²) in [4.78, 5) is 0. The Morgan fingerprint density at radius 3 is 1.75 bits per heavy atom. The molecule has 1 aromatic rings. The van der Waals surface area contributed by atoms with E-state index in [0.29, 0.717) is 26.4 Å². The molecule has 0 bridgehead atoms. The zero-order valence-electron chi connectivity index (χ0n) is 18.8. The van der Waals surface area contributed by atoms with E-state index in [-0.39, 0.29) is 5.41 Å². The fourth-order valence-electron chi connectivity index (χ4n) is 4.12. The summed E-state index contributed by atoms with van der Waals surface area (Å²) >= 11 is 0. The summed E-state index contributed by atoms with van der Waals surface area (Å²) in [5, 5.41) is 0. The minimum Gasteiger partial charge on any atom is -0.349 e. The second-order valence-corrected chi connectivity index (χ2v) is 8.07. The lowest BCUT2D eigenvalue weighted by Crippen LogP contribution is -2.28. The molecule has 1 fully saturated rings. The van der Waals surface area contributed by atoms with Gasteiger partial charge in [-0.25, -0.2) is 0 Å². The first-order valence-electron chi connectivity index (χ1n) is 11.1. The van der Waals surface area contributed by atoms with Crippen LogP contribution in [0, 0.1) is 5.92 Å². The number of benzene rings is 1. The van der Waals surface area contributed by atoms with Crippen LogP contribution in [0.5, 0.6) is 0 Å². The van der Waals surface area contributed by atoms with Gasteiger partial charge in [0.15, 0.2) is 12.6 Å². The van der Waals surface area contributed by atoms with Crippen molar-refractivity contribution in [2.45, 2.75) is 85.2 Å². The molecule has 4 nitrogen and oxygen atoms in total. The van der Waals surface area contributed by atoms with Crippen molar-refractivity contribution in [3.8, 4) is 0 Å². The van der Waals surface area contributed by atoms with Crippen LogP contribution in [-0.2, 0) is 24.4 Å². The van der Waals surface area contributed by atoms with Crippen LogP contribution in [0.4, 0.5) is 0 Å². The van der Waals surface area contributed by atoms with E-state index in [4.69, 9.17) is 18.9 Å². The zero-order valence-corrected chi connectivity index (χ0v) is 18.8. The highest BCUT2D eigenvalue weighted by atomic mass is 16.7. The zero-order chi connectivity index (χ0) is 20.6. The monoisotopic (exact) mass is 392 g/mol. The summed E-state index contributed by atoms with van der Waals surface area (Å²) in [6.45, 7) is 15.1. The van der Waals surface area contributed by atoms with E-state index in [9.17, 15) is 0 Å². The molecule has 28 heavy (non-hydrogen) atoms. The Labute approximate surface area is 171 Å². The van der Waals surface area contributed by atoms with Crippen LogP contribution in [-0.4, -0.2) is 26.4 Å². The lowest BCUT2D eigenvalue weighted by Gasteiger charge is -2.38. The van der Waals surface area contributed by atoms with E-state index >= 15 is 0 Å². The average Bonchev–Trinajstić information content (AvgIpc) is 2.70. The molecule has 2 rings (SSSR count). The Morgan fingerprint density at radius 1 is 0.821 bits per heavy atom. The van der Waals surface area contributed by atoms with E-state index in [0.717, 1.165) is 17.0 Å². The average molecular weight is 393 g/mol. The fourth-order valence-corrected chi connectivity index (χ4v) is 4.12. The first kappa shape index (κ1) is 23.3. The van der Waals surface area contributed by atoms with Crippen LogP contribution in [0.2, 0.25) is 0 Å². The highest BCUT2D eigenvalue weighted by Crippen LogP contribution is 2.43. The molecule has 0 heterocycles. The quantitative estimate of drug-likeness (QED) is 0.414. The van der Waals surface area contributed by atoms with E-state index in [1.165, 1.54) is 31.2 Å². The Morgan fingerprint density at radius 2 is 1.29 bits per heavy atom. The molecule has 0 spiro atoms. The summed E-state index contributed by atoms with van der Waals surface area (Å²) in [6.07, 6.45) is 4.21. The summed E-state index contributed by atoms with van der Waals surface area (Å²) < 4.78 is 23.8. The Kier molecular flexibility index (Phi) is 9.42. The standard InChI is InChI=1S/C24H40O4/c1-7-25-22(26-8-2)20-12-11-19(24(6)15-13-18(5)14-16-24)17-21(20)23(27-9-3)28-10-4/h11-12,17-18,22-23H,7-10,13-16H2,1-6H3. The number of hydrogen-bond acceptors (Lipinski definition) is 4. The van der Waals surface area contributed by atoms with Crippen molar-refractivity contribution in [1.29, 1.82) is 0 Å². The molecule has 0 N–H and O–H groups in total. The molecular weight excluding hydrogens is 352 g/mol. The number of ether oxygens (including phenoxy) is 4. The molecule has 160 valence electrons. The van der Waals surface area contributed by atoms with Gasteiger partial charge in [0, 0.05) is 37.6 Å². The molecule has 1 saturated carbocycles. The molecule has 0 saturated heterocycles. The molecule has 1 aliphatic rings. The van der Waals surface area contributed by atoms with Gasteiger partial charge in [-0.2, -0.15) is 0 Å². The summed E-state index contributed by atoms with van der Waals surface area (Å²) in [5.74, 6) is 0.826. The van der Waals surface area contributed by atoms with Crippen molar-refractivity contribution in [3.05, 3.63) is 34.9 Å². The molecule has 4 heteroatoms. The van der Waals surface area contributed by atoms with Gasteiger partial charge < -0.3 is 18.9 Å². The maximum atomic E-state index is 5.97. The van der Waals surface area contributed by atoms with Crippen LogP contribution in [0.15, 0.2) is 18.2 Å². The van der Waals surface area contributed by atoms with Gasteiger partial charge in [0.1, 0.15) is 0 Å². The number of rotatable bonds is 11. The van der Waals surface area contributed by atoms with Crippen molar-refractivity contribution in [1.82, 2.24) is 0 Å². The van der Waals surface area contributed by atoms with E-state index in [2.05, 4.69) is 32.0 Å². The molecule has 0 aliphatic heterocycles. The topological polar surface area (TPSA) is 36.9 Å². The lowest BCUT2D eigenvalue weighted by atomic mass is 9.68. The first-order chi connectivity index (χ1) is 13.5. The minimum atomic E-state index is -0.403. The van der Waals surface area contributed by atoms with Gasteiger partial charge in [0.25, 0.3) is 0 Å². The summed E-state index contributed by atoms with van der Waals surface area (Å²) in [7, 11) is 0. The SMILES string of the molecule is CCOC(OCC)c1ccc(C2(C)CCC(C)CC2)cc1C(OCC)OCC. The molecule has 0 radical (unpaired) electrons. The van der Waals surface area contributed by atoms with E-state index in [1.54, 1.807) is 0 Å². The second kappa shape index (κ2) is 11.3. The van der Waals surface area contributed by atoms with Crippen LogP contribution >= 0.6 is 0 Å². The summed E-state index contributed by atoms with van der Waals surface area (Å²) in [5.41, 5.74) is 3.62. The Bertz CT molecular complexity index is 566. The van der Waals surface area contributed by atoms with Crippen molar-refractivity contribution >= 4 is 0 Å². The Balaban J connectivity index is 2.46. The maximum Gasteiger partial charge on any atom is 0.184 e. The first-order valence-corrected chi connectivity index (χ1v) is 11.1. The smallest absolute Gasteiger partial charge is 0.184 e. The van der Waals surface area contributed by atoms with Crippen LogP contribution in [0.3, 0.4) is 0 Å². The van der Waals surface area contributed by atoms with Crippen molar-refractivity contribution in [2.24, 2.45) is 5.92 Å².